The van der Waals surface area contributed by atoms with E-state index >= 15 is 0 Å². The molecule has 0 saturated heterocycles. The van der Waals surface area contributed by atoms with Gasteiger partial charge in [0.2, 0.25) is 0 Å². The summed E-state index contributed by atoms with van der Waals surface area (Å²) >= 11 is 0. The minimum Gasteiger partial charge on any atom is -0.305 e. The number of hydrogen-bond acceptors (Lipinski definition) is 3. The minimum absolute atomic E-state index is 0.0710. The van der Waals surface area contributed by atoms with Crippen LogP contribution in [-0.2, 0) is 16.4 Å². The third kappa shape index (κ3) is 5.07. The first-order valence-electron chi connectivity index (χ1n) is 6.86. The number of halogens is 3. The summed E-state index contributed by atoms with van der Waals surface area (Å²) in [6, 6.07) is 9.43. The summed E-state index contributed by atoms with van der Waals surface area (Å²) in [4.78, 5) is 0. The molecule has 0 aliphatic rings. The van der Waals surface area contributed by atoms with Gasteiger partial charge in [-0.2, -0.15) is 0 Å². The number of nitrogens with one attached hydrogen (secondary N) is 1. The molecule has 0 heterocycles. The van der Waals surface area contributed by atoms with Gasteiger partial charge in [-0.1, -0.05) is 30.3 Å². The second kappa shape index (κ2) is 7.14. The lowest BCUT2D eigenvalue weighted by molar-refractivity contribution is 0.481. The average molecular weight is 343 g/mol. The van der Waals surface area contributed by atoms with Gasteiger partial charge in [0.25, 0.3) is 0 Å². The molecular weight excluding hydrogens is 327 g/mol. The van der Waals surface area contributed by atoms with Crippen LogP contribution < -0.4 is 5.32 Å². The summed E-state index contributed by atoms with van der Waals surface area (Å²) in [5, 5.41) is 2.89. The van der Waals surface area contributed by atoms with E-state index in [-0.39, 0.29) is 17.9 Å². The molecule has 23 heavy (non-hydrogen) atoms. The van der Waals surface area contributed by atoms with Crippen LogP contribution in [-0.4, -0.2) is 20.4 Å². The Balaban J connectivity index is 2.20. The first-order chi connectivity index (χ1) is 10.8. The molecule has 2 rings (SSSR count). The van der Waals surface area contributed by atoms with Gasteiger partial charge in [-0.3, -0.25) is 0 Å². The molecule has 0 aromatic heterocycles. The van der Waals surface area contributed by atoms with E-state index in [4.69, 9.17) is 0 Å². The molecule has 1 N–H and O–H groups in total. The first-order valence-corrected chi connectivity index (χ1v) is 8.92. The molecule has 0 amide bonds. The van der Waals surface area contributed by atoms with Gasteiger partial charge in [0.15, 0.2) is 11.6 Å². The highest BCUT2D eigenvalue weighted by Gasteiger charge is 2.18. The van der Waals surface area contributed by atoms with Crippen LogP contribution in [0.25, 0.3) is 0 Å². The number of benzene rings is 2. The molecule has 2 aromatic rings. The highest BCUT2D eigenvalue weighted by atomic mass is 32.2. The Bertz CT molecular complexity index is 779. The highest BCUT2D eigenvalue weighted by Crippen LogP contribution is 2.18. The largest absolute Gasteiger partial charge is 0.305 e. The van der Waals surface area contributed by atoms with Crippen molar-refractivity contribution >= 4 is 9.84 Å². The number of hydrogen-bond donors (Lipinski definition) is 1. The van der Waals surface area contributed by atoms with Gasteiger partial charge in [-0.15, -0.1) is 0 Å². The van der Waals surface area contributed by atoms with Crippen LogP contribution in [0, 0.1) is 17.5 Å². The van der Waals surface area contributed by atoms with E-state index in [1.165, 1.54) is 0 Å². The molecule has 124 valence electrons. The standard InChI is InChI=1S/C16H16F3NO2S/c1-23(21,22)10-16(11-5-3-2-4-6-11)20-9-12-7-14(18)15(19)8-13(12)17/h2-8,16,20H,9-10H2,1H3/t16-/m0/s1. The van der Waals surface area contributed by atoms with Crippen molar-refractivity contribution in [2.45, 2.75) is 12.6 Å². The SMILES string of the molecule is CS(=O)(=O)C[C@H](NCc1cc(F)c(F)cc1F)c1ccccc1. The fraction of sp³-hybridized carbons (Fsp3) is 0.250. The quantitative estimate of drug-likeness (QED) is 0.820. The Labute approximate surface area is 133 Å². The summed E-state index contributed by atoms with van der Waals surface area (Å²) < 4.78 is 62.9. The Morgan fingerprint density at radius 3 is 2.22 bits per heavy atom. The summed E-state index contributed by atoms with van der Waals surface area (Å²) in [6.07, 6.45) is 1.10. The molecule has 0 spiro atoms. The predicted octanol–water partition coefficient (Wildman–Crippen LogP) is 2.98. The highest BCUT2D eigenvalue weighted by molar-refractivity contribution is 7.90. The van der Waals surface area contributed by atoms with E-state index in [1.807, 2.05) is 0 Å². The molecule has 0 saturated carbocycles. The zero-order valence-corrected chi connectivity index (χ0v) is 13.2. The van der Waals surface area contributed by atoms with Gasteiger partial charge < -0.3 is 5.32 Å². The van der Waals surface area contributed by atoms with Crippen LogP contribution in [0.2, 0.25) is 0 Å². The lowest BCUT2D eigenvalue weighted by Crippen LogP contribution is -2.28. The second-order valence-corrected chi connectivity index (χ2v) is 7.48. The van der Waals surface area contributed by atoms with Crippen molar-refractivity contribution in [3.05, 3.63) is 71.0 Å². The van der Waals surface area contributed by atoms with Gasteiger partial charge in [-0.05, 0) is 11.6 Å². The van der Waals surface area contributed by atoms with Crippen LogP contribution in [0.15, 0.2) is 42.5 Å². The van der Waals surface area contributed by atoms with Crippen molar-refractivity contribution in [1.29, 1.82) is 0 Å². The molecule has 0 aliphatic heterocycles. The number of rotatable bonds is 6. The summed E-state index contributed by atoms with van der Waals surface area (Å²) in [6.45, 7) is -0.127. The Kier molecular flexibility index (Phi) is 5.43. The molecule has 0 unspecified atom stereocenters. The van der Waals surface area contributed by atoms with Crippen molar-refractivity contribution in [3.8, 4) is 0 Å². The number of sulfone groups is 1. The van der Waals surface area contributed by atoms with E-state index in [9.17, 15) is 21.6 Å². The van der Waals surface area contributed by atoms with Crippen molar-refractivity contribution in [1.82, 2.24) is 5.32 Å². The van der Waals surface area contributed by atoms with Crippen LogP contribution >= 0.6 is 0 Å². The smallest absolute Gasteiger partial charge is 0.161 e. The molecular formula is C16H16F3NO2S. The maximum Gasteiger partial charge on any atom is 0.161 e. The van der Waals surface area contributed by atoms with Crippen LogP contribution in [0.4, 0.5) is 13.2 Å². The first kappa shape index (κ1) is 17.5. The fourth-order valence-corrected chi connectivity index (χ4v) is 3.11. The van der Waals surface area contributed by atoms with E-state index < -0.39 is 33.3 Å². The summed E-state index contributed by atoms with van der Waals surface area (Å²) in [5.41, 5.74) is 0.638. The van der Waals surface area contributed by atoms with E-state index in [2.05, 4.69) is 5.32 Å². The molecule has 1 atom stereocenters. The van der Waals surface area contributed by atoms with Gasteiger partial charge in [0.1, 0.15) is 15.7 Å². The zero-order chi connectivity index (χ0) is 17.0. The maximum absolute atomic E-state index is 13.7. The van der Waals surface area contributed by atoms with E-state index in [0.717, 1.165) is 12.3 Å². The Hall–Kier alpha value is -1.86. The van der Waals surface area contributed by atoms with Crippen molar-refractivity contribution in [2.24, 2.45) is 0 Å². The average Bonchev–Trinajstić information content (AvgIpc) is 2.48. The van der Waals surface area contributed by atoms with Gasteiger partial charge >= 0.3 is 0 Å². The van der Waals surface area contributed by atoms with Crippen LogP contribution in [0.5, 0.6) is 0 Å². The lowest BCUT2D eigenvalue weighted by atomic mass is 10.1. The summed E-state index contributed by atoms with van der Waals surface area (Å²) in [7, 11) is -3.29. The maximum atomic E-state index is 13.7. The Morgan fingerprint density at radius 1 is 1.00 bits per heavy atom. The fourth-order valence-electron chi connectivity index (χ4n) is 2.19. The summed E-state index contributed by atoms with van der Waals surface area (Å²) in [5.74, 6) is -3.49. The Morgan fingerprint density at radius 2 is 1.61 bits per heavy atom. The second-order valence-electron chi connectivity index (χ2n) is 5.29. The van der Waals surface area contributed by atoms with Crippen molar-refractivity contribution in [2.75, 3.05) is 12.0 Å². The molecule has 2 aromatic carbocycles. The van der Waals surface area contributed by atoms with Gasteiger partial charge in [-0.25, -0.2) is 21.6 Å². The normalized spacial score (nSPS) is 13.0. The van der Waals surface area contributed by atoms with Crippen molar-refractivity contribution < 1.29 is 21.6 Å². The van der Waals surface area contributed by atoms with Crippen molar-refractivity contribution in [3.63, 3.8) is 0 Å². The molecule has 0 fully saturated rings. The van der Waals surface area contributed by atoms with Gasteiger partial charge in [0, 0.05) is 30.5 Å². The van der Waals surface area contributed by atoms with Crippen LogP contribution in [0.1, 0.15) is 17.2 Å². The molecule has 3 nitrogen and oxygen atoms in total. The van der Waals surface area contributed by atoms with E-state index in [0.29, 0.717) is 11.6 Å². The van der Waals surface area contributed by atoms with Crippen LogP contribution in [0.3, 0.4) is 0 Å². The van der Waals surface area contributed by atoms with E-state index in [1.54, 1.807) is 30.3 Å². The predicted molar refractivity (Wildman–Crippen MR) is 82.0 cm³/mol. The third-order valence-corrected chi connectivity index (χ3v) is 4.24. The zero-order valence-electron chi connectivity index (χ0n) is 12.4. The topological polar surface area (TPSA) is 46.2 Å². The third-order valence-electron chi connectivity index (χ3n) is 3.30. The molecule has 0 radical (unpaired) electrons. The minimum atomic E-state index is -3.29. The molecule has 0 aliphatic carbocycles. The monoisotopic (exact) mass is 343 g/mol. The lowest BCUT2D eigenvalue weighted by Gasteiger charge is -2.19. The molecule has 0 bridgehead atoms. The molecule has 7 heteroatoms. The van der Waals surface area contributed by atoms with Gasteiger partial charge in [0.05, 0.1) is 5.75 Å².